The third kappa shape index (κ3) is 2.69. The number of ether oxygens (including phenoxy) is 1. The molecule has 2 aromatic rings. The molecular weight excluding hydrogens is 312 g/mol. The predicted octanol–water partition coefficient (Wildman–Crippen LogP) is 2.56. The molecule has 8 heteroatoms. The van der Waals surface area contributed by atoms with Crippen LogP contribution in [0.25, 0.3) is 0 Å². The van der Waals surface area contributed by atoms with E-state index in [0.29, 0.717) is 11.0 Å². The minimum Gasteiger partial charge on any atom is -0.480 e. The van der Waals surface area contributed by atoms with Crippen LogP contribution >= 0.6 is 39.0 Å². The van der Waals surface area contributed by atoms with E-state index >= 15 is 0 Å². The minimum absolute atomic E-state index is 0.513. The standard InChI is InChI=1S/C8H7BrN4OS2/c1-4-12-13-8(15-4)16-7-10-3-5(9)6(11-7)14-2/h3H,1-2H3. The second-order valence-corrected chi connectivity index (χ2v) is 5.95. The second-order valence-electron chi connectivity index (χ2n) is 2.70. The Morgan fingerprint density at radius 3 is 2.88 bits per heavy atom. The van der Waals surface area contributed by atoms with Crippen molar-refractivity contribution in [2.45, 2.75) is 16.4 Å². The molecule has 0 unspecified atom stereocenters. The van der Waals surface area contributed by atoms with Gasteiger partial charge in [0.1, 0.15) is 5.01 Å². The van der Waals surface area contributed by atoms with Gasteiger partial charge in [0.05, 0.1) is 11.6 Å². The summed E-state index contributed by atoms with van der Waals surface area (Å²) < 4.78 is 6.64. The summed E-state index contributed by atoms with van der Waals surface area (Å²) in [5.41, 5.74) is 0. The van der Waals surface area contributed by atoms with Crippen LogP contribution in [0.1, 0.15) is 5.01 Å². The molecule has 2 rings (SSSR count). The van der Waals surface area contributed by atoms with Gasteiger partial charge in [-0.2, -0.15) is 4.98 Å². The average molecular weight is 319 g/mol. The molecule has 0 aliphatic rings. The molecule has 2 aromatic heterocycles. The molecule has 0 amide bonds. The first kappa shape index (κ1) is 11.7. The largest absolute Gasteiger partial charge is 0.480 e. The van der Waals surface area contributed by atoms with Gasteiger partial charge in [-0.25, -0.2) is 4.98 Å². The lowest BCUT2D eigenvalue weighted by Gasteiger charge is -2.02. The van der Waals surface area contributed by atoms with E-state index in [1.165, 1.54) is 23.1 Å². The van der Waals surface area contributed by atoms with Gasteiger partial charge in [0, 0.05) is 6.20 Å². The van der Waals surface area contributed by atoms with Crippen LogP contribution in [0.15, 0.2) is 20.2 Å². The quantitative estimate of drug-likeness (QED) is 0.810. The van der Waals surface area contributed by atoms with E-state index in [0.717, 1.165) is 13.8 Å². The van der Waals surface area contributed by atoms with Crippen molar-refractivity contribution < 1.29 is 4.74 Å². The van der Waals surface area contributed by atoms with Crippen molar-refractivity contribution in [2.24, 2.45) is 0 Å². The molecular formula is C8H7BrN4OS2. The molecule has 0 aliphatic heterocycles. The Morgan fingerprint density at radius 1 is 1.44 bits per heavy atom. The maximum Gasteiger partial charge on any atom is 0.231 e. The van der Waals surface area contributed by atoms with Crippen LogP contribution in [-0.2, 0) is 0 Å². The first-order valence-electron chi connectivity index (χ1n) is 4.23. The van der Waals surface area contributed by atoms with Gasteiger partial charge in [-0.3, -0.25) is 0 Å². The molecule has 5 nitrogen and oxygen atoms in total. The molecule has 0 aromatic carbocycles. The highest BCUT2D eigenvalue weighted by Gasteiger charge is 2.09. The molecule has 0 atom stereocenters. The zero-order valence-electron chi connectivity index (χ0n) is 8.47. The molecule has 0 saturated heterocycles. The molecule has 0 spiro atoms. The third-order valence-corrected chi connectivity index (χ3v) is 3.88. The lowest BCUT2D eigenvalue weighted by Crippen LogP contribution is -1.93. The topological polar surface area (TPSA) is 60.8 Å². The summed E-state index contributed by atoms with van der Waals surface area (Å²) in [6.45, 7) is 1.91. The van der Waals surface area contributed by atoms with Gasteiger partial charge in [0.15, 0.2) is 9.50 Å². The van der Waals surface area contributed by atoms with Crippen LogP contribution in [0.2, 0.25) is 0 Å². The van der Waals surface area contributed by atoms with E-state index in [9.17, 15) is 0 Å². The van der Waals surface area contributed by atoms with Crippen LogP contribution in [0, 0.1) is 6.92 Å². The number of nitrogens with zero attached hydrogens (tertiary/aromatic N) is 4. The number of rotatable bonds is 3. The van der Waals surface area contributed by atoms with Gasteiger partial charge in [-0.15, -0.1) is 10.2 Å². The molecule has 0 N–H and O–H groups in total. The van der Waals surface area contributed by atoms with E-state index in [1.54, 1.807) is 13.3 Å². The Morgan fingerprint density at radius 2 is 2.25 bits per heavy atom. The summed E-state index contributed by atoms with van der Waals surface area (Å²) in [7, 11) is 1.57. The lowest BCUT2D eigenvalue weighted by molar-refractivity contribution is 0.389. The van der Waals surface area contributed by atoms with E-state index in [4.69, 9.17) is 4.74 Å². The van der Waals surface area contributed by atoms with Crippen LogP contribution in [-0.4, -0.2) is 27.3 Å². The number of hydrogen-bond acceptors (Lipinski definition) is 7. The van der Waals surface area contributed by atoms with E-state index in [-0.39, 0.29) is 0 Å². The Bertz CT molecular complexity index is 505. The van der Waals surface area contributed by atoms with Gasteiger partial charge in [-0.1, -0.05) is 11.3 Å². The zero-order valence-corrected chi connectivity index (χ0v) is 11.7. The van der Waals surface area contributed by atoms with Crippen LogP contribution < -0.4 is 4.74 Å². The lowest BCUT2D eigenvalue weighted by atomic mass is 10.6. The fourth-order valence-corrected chi connectivity index (χ4v) is 2.92. The highest BCUT2D eigenvalue weighted by molar-refractivity contribution is 9.10. The SMILES string of the molecule is COc1nc(Sc2nnc(C)s2)ncc1Br. The Kier molecular flexibility index (Phi) is 3.72. The molecule has 84 valence electrons. The summed E-state index contributed by atoms with van der Waals surface area (Å²) in [5, 5.41) is 9.43. The predicted molar refractivity (Wildman–Crippen MR) is 65.1 cm³/mol. The van der Waals surface area contributed by atoms with E-state index in [2.05, 4.69) is 36.1 Å². The van der Waals surface area contributed by atoms with Gasteiger partial charge >= 0.3 is 0 Å². The first-order valence-corrected chi connectivity index (χ1v) is 6.66. The van der Waals surface area contributed by atoms with E-state index < -0.39 is 0 Å². The van der Waals surface area contributed by atoms with Crippen LogP contribution in [0.4, 0.5) is 0 Å². The first-order chi connectivity index (χ1) is 7.69. The minimum atomic E-state index is 0.513. The number of halogens is 1. The summed E-state index contributed by atoms with van der Waals surface area (Å²) in [4.78, 5) is 8.37. The van der Waals surface area contributed by atoms with Crippen molar-refractivity contribution in [3.05, 3.63) is 15.7 Å². The van der Waals surface area contributed by atoms with Crippen LogP contribution in [0.3, 0.4) is 0 Å². The Hall–Kier alpha value is -0.730. The van der Waals surface area contributed by atoms with Gasteiger partial charge < -0.3 is 4.74 Å². The molecule has 0 fully saturated rings. The third-order valence-electron chi connectivity index (χ3n) is 1.57. The molecule has 0 radical (unpaired) electrons. The van der Waals surface area contributed by atoms with Gasteiger partial charge in [0.2, 0.25) is 5.88 Å². The maximum absolute atomic E-state index is 5.08. The highest BCUT2D eigenvalue weighted by atomic mass is 79.9. The summed E-state index contributed by atoms with van der Waals surface area (Å²) in [5.74, 6) is 0.513. The molecule has 0 bridgehead atoms. The van der Waals surface area contributed by atoms with Gasteiger partial charge in [0.25, 0.3) is 0 Å². The van der Waals surface area contributed by atoms with Crippen molar-refractivity contribution in [2.75, 3.05) is 7.11 Å². The summed E-state index contributed by atoms with van der Waals surface area (Å²) in [6, 6.07) is 0. The Balaban J connectivity index is 2.21. The number of aryl methyl sites for hydroxylation is 1. The summed E-state index contributed by atoms with van der Waals surface area (Å²) in [6.07, 6.45) is 1.65. The zero-order chi connectivity index (χ0) is 11.5. The van der Waals surface area contributed by atoms with Crippen molar-refractivity contribution in [3.63, 3.8) is 0 Å². The monoisotopic (exact) mass is 318 g/mol. The number of methoxy groups -OCH3 is 1. The number of hydrogen-bond donors (Lipinski definition) is 0. The normalized spacial score (nSPS) is 10.4. The van der Waals surface area contributed by atoms with E-state index in [1.807, 2.05) is 6.92 Å². The Labute approximate surface area is 109 Å². The molecule has 2 heterocycles. The molecule has 16 heavy (non-hydrogen) atoms. The van der Waals surface area contributed by atoms with Gasteiger partial charge in [-0.05, 0) is 34.6 Å². The van der Waals surface area contributed by atoms with Crippen molar-refractivity contribution in [1.82, 2.24) is 20.2 Å². The van der Waals surface area contributed by atoms with Crippen LogP contribution in [0.5, 0.6) is 5.88 Å². The fraction of sp³-hybridized carbons (Fsp3) is 0.250. The highest BCUT2D eigenvalue weighted by Crippen LogP contribution is 2.30. The molecule has 0 saturated carbocycles. The average Bonchev–Trinajstić information content (AvgIpc) is 2.67. The smallest absolute Gasteiger partial charge is 0.231 e. The summed E-state index contributed by atoms with van der Waals surface area (Å²) >= 11 is 6.17. The van der Waals surface area contributed by atoms with Crippen molar-refractivity contribution in [1.29, 1.82) is 0 Å². The second kappa shape index (κ2) is 5.07. The number of aromatic nitrogens is 4. The maximum atomic E-state index is 5.08. The fourth-order valence-electron chi connectivity index (χ4n) is 0.926. The van der Waals surface area contributed by atoms with Crippen molar-refractivity contribution >= 4 is 39.0 Å². The van der Waals surface area contributed by atoms with Crippen molar-refractivity contribution in [3.8, 4) is 5.88 Å². The molecule has 0 aliphatic carbocycles.